The fourth-order valence-corrected chi connectivity index (χ4v) is 2.00. The summed E-state index contributed by atoms with van der Waals surface area (Å²) >= 11 is 0. The third-order valence-electron chi connectivity index (χ3n) is 2.79. The van der Waals surface area contributed by atoms with Crippen LogP contribution >= 0.6 is 0 Å². The van der Waals surface area contributed by atoms with Crippen LogP contribution < -0.4 is 10.6 Å². The standard InChI is InChI=1S/C9H14N2O3/c12-5-3-7(10-4-5)9(14)6-1-2-8(13)11-6/h5-7,10,12H,1-4H2,(H,11,13)/t5-,6?,7+/m1/s1. The predicted molar refractivity (Wildman–Crippen MR) is 48.6 cm³/mol. The van der Waals surface area contributed by atoms with E-state index in [1.165, 1.54) is 0 Å². The molecule has 1 amide bonds. The average molecular weight is 198 g/mol. The van der Waals surface area contributed by atoms with E-state index in [-0.39, 0.29) is 23.8 Å². The van der Waals surface area contributed by atoms with Crippen LogP contribution in [0.25, 0.3) is 0 Å². The second-order valence-electron chi connectivity index (χ2n) is 3.91. The number of carbonyl (C=O) groups excluding carboxylic acids is 2. The van der Waals surface area contributed by atoms with Crippen molar-refractivity contribution in [2.24, 2.45) is 0 Å². The summed E-state index contributed by atoms with van der Waals surface area (Å²) in [5.41, 5.74) is 0. The van der Waals surface area contributed by atoms with Gasteiger partial charge >= 0.3 is 0 Å². The second-order valence-corrected chi connectivity index (χ2v) is 3.91. The Kier molecular flexibility index (Phi) is 2.52. The van der Waals surface area contributed by atoms with Crippen LogP contribution in [0.15, 0.2) is 0 Å². The number of ketones is 1. The van der Waals surface area contributed by atoms with E-state index < -0.39 is 6.10 Å². The molecule has 2 saturated heterocycles. The van der Waals surface area contributed by atoms with E-state index >= 15 is 0 Å². The summed E-state index contributed by atoms with van der Waals surface area (Å²) in [4.78, 5) is 22.7. The molecular formula is C9H14N2O3. The largest absolute Gasteiger partial charge is 0.392 e. The van der Waals surface area contributed by atoms with Crippen LogP contribution in [0.4, 0.5) is 0 Å². The van der Waals surface area contributed by atoms with Crippen molar-refractivity contribution >= 4 is 11.7 Å². The quantitative estimate of drug-likeness (QED) is 0.507. The number of hydrogen-bond donors (Lipinski definition) is 3. The lowest BCUT2D eigenvalue weighted by atomic mass is 10.0. The lowest BCUT2D eigenvalue weighted by molar-refractivity contribution is -0.125. The van der Waals surface area contributed by atoms with E-state index in [0.29, 0.717) is 25.8 Å². The van der Waals surface area contributed by atoms with E-state index in [2.05, 4.69) is 10.6 Å². The van der Waals surface area contributed by atoms with Crippen molar-refractivity contribution in [1.82, 2.24) is 10.6 Å². The molecule has 3 atom stereocenters. The summed E-state index contributed by atoms with van der Waals surface area (Å²) in [6.45, 7) is 0.469. The molecule has 1 unspecified atom stereocenters. The van der Waals surface area contributed by atoms with Gasteiger partial charge in [0, 0.05) is 13.0 Å². The predicted octanol–water partition coefficient (Wildman–Crippen LogP) is -1.44. The van der Waals surface area contributed by atoms with Crippen LogP contribution in [-0.4, -0.2) is 41.5 Å². The number of Topliss-reactive ketones (excluding diaryl/α,β-unsaturated/α-hetero) is 1. The molecule has 14 heavy (non-hydrogen) atoms. The van der Waals surface area contributed by atoms with Gasteiger partial charge in [0.2, 0.25) is 5.91 Å². The SMILES string of the molecule is O=C1CCC(C(=O)[C@@H]2C[C@@H](O)CN2)N1. The summed E-state index contributed by atoms with van der Waals surface area (Å²) in [5.74, 6) is -0.0469. The Balaban J connectivity index is 1.92. The number of amides is 1. The van der Waals surface area contributed by atoms with Crippen LogP contribution in [0.3, 0.4) is 0 Å². The molecule has 0 saturated carbocycles. The monoisotopic (exact) mass is 198 g/mol. The Bertz CT molecular complexity index is 267. The zero-order chi connectivity index (χ0) is 10.1. The van der Waals surface area contributed by atoms with Crippen LogP contribution in [0, 0.1) is 0 Å². The molecule has 2 heterocycles. The molecule has 5 nitrogen and oxygen atoms in total. The summed E-state index contributed by atoms with van der Waals surface area (Å²) in [6.07, 6.45) is 1.06. The fourth-order valence-electron chi connectivity index (χ4n) is 2.00. The minimum atomic E-state index is -0.430. The van der Waals surface area contributed by atoms with Crippen molar-refractivity contribution in [3.8, 4) is 0 Å². The zero-order valence-corrected chi connectivity index (χ0v) is 7.82. The van der Waals surface area contributed by atoms with Gasteiger partial charge < -0.3 is 15.7 Å². The third-order valence-corrected chi connectivity index (χ3v) is 2.79. The fraction of sp³-hybridized carbons (Fsp3) is 0.778. The molecule has 0 radical (unpaired) electrons. The molecule has 3 N–H and O–H groups in total. The van der Waals surface area contributed by atoms with E-state index in [1.54, 1.807) is 0 Å². The summed E-state index contributed by atoms with van der Waals surface area (Å²) < 4.78 is 0. The highest BCUT2D eigenvalue weighted by atomic mass is 16.3. The van der Waals surface area contributed by atoms with Gasteiger partial charge in [-0.05, 0) is 12.8 Å². The van der Waals surface area contributed by atoms with Crippen LogP contribution in [0.2, 0.25) is 0 Å². The molecule has 0 bridgehead atoms. The Hall–Kier alpha value is -0.940. The first-order chi connectivity index (χ1) is 6.66. The maximum atomic E-state index is 11.8. The van der Waals surface area contributed by atoms with Gasteiger partial charge in [-0.2, -0.15) is 0 Å². The molecule has 0 aliphatic carbocycles. The smallest absolute Gasteiger partial charge is 0.220 e. The first kappa shape index (κ1) is 9.61. The third kappa shape index (κ3) is 1.78. The maximum Gasteiger partial charge on any atom is 0.220 e. The van der Waals surface area contributed by atoms with Gasteiger partial charge in [0.1, 0.15) is 0 Å². The average Bonchev–Trinajstić information content (AvgIpc) is 2.73. The topological polar surface area (TPSA) is 78.4 Å². The molecule has 0 aromatic heterocycles. The minimum Gasteiger partial charge on any atom is -0.392 e. The first-order valence-corrected chi connectivity index (χ1v) is 4.91. The highest BCUT2D eigenvalue weighted by Gasteiger charge is 2.35. The molecule has 2 fully saturated rings. The number of rotatable bonds is 2. The summed E-state index contributed by atoms with van der Waals surface area (Å²) in [7, 11) is 0. The molecule has 0 spiro atoms. The highest BCUT2D eigenvalue weighted by Crippen LogP contribution is 2.14. The van der Waals surface area contributed by atoms with E-state index in [0.717, 1.165) is 0 Å². The van der Waals surface area contributed by atoms with E-state index in [1.807, 2.05) is 0 Å². The van der Waals surface area contributed by atoms with Gasteiger partial charge in [0.05, 0.1) is 18.2 Å². The molecule has 0 aromatic rings. The minimum absolute atomic E-state index is 0.00685. The maximum absolute atomic E-state index is 11.8. The second kappa shape index (κ2) is 3.67. The number of hydrogen-bond acceptors (Lipinski definition) is 4. The molecule has 0 aromatic carbocycles. The van der Waals surface area contributed by atoms with Crippen molar-refractivity contribution in [3.63, 3.8) is 0 Å². The highest BCUT2D eigenvalue weighted by molar-refractivity contribution is 5.95. The van der Waals surface area contributed by atoms with Gasteiger partial charge in [-0.1, -0.05) is 0 Å². The summed E-state index contributed by atoms with van der Waals surface area (Å²) in [6, 6.07) is -0.626. The zero-order valence-electron chi connectivity index (χ0n) is 7.82. The van der Waals surface area contributed by atoms with E-state index in [4.69, 9.17) is 0 Å². The van der Waals surface area contributed by atoms with Gasteiger partial charge in [-0.15, -0.1) is 0 Å². The normalized spacial score (nSPS) is 37.2. The van der Waals surface area contributed by atoms with Gasteiger partial charge in [0.15, 0.2) is 5.78 Å². The van der Waals surface area contributed by atoms with Crippen LogP contribution in [0.1, 0.15) is 19.3 Å². The Morgan fingerprint density at radius 2 is 2.21 bits per heavy atom. The molecule has 2 aliphatic heterocycles. The lowest BCUT2D eigenvalue weighted by Gasteiger charge is -2.14. The first-order valence-electron chi connectivity index (χ1n) is 4.91. The van der Waals surface area contributed by atoms with E-state index in [9.17, 15) is 14.7 Å². The molecule has 78 valence electrons. The van der Waals surface area contributed by atoms with Crippen LogP contribution in [-0.2, 0) is 9.59 Å². The number of carbonyl (C=O) groups is 2. The number of aliphatic hydroxyl groups is 1. The summed E-state index contributed by atoms with van der Waals surface area (Å²) in [5, 5.41) is 14.8. The Morgan fingerprint density at radius 3 is 2.71 bits per heavy atom. The van der Waals surface area contributed by atoms with Gasteiger partial charge in [-0.3, -0.25) is 9.59 Å². The lowest BCUT2D eigenvalue weighted by Crippen LogP contribution is -2.43. The Labute approximate surface area is 81.9 Å². The van der Waals surface area contributed by atoms with Crippen molar-refractivity contribution in [2.75, 3.05) is 6.54 Å². The molecule has 2 aliphatic rings. The van der Waals surface area contributed by atoms with Crippen LogP contribution in [0.5, 0.6) is 0 Å². The Morgan fingerprint density at radius 1 is 1.43 bits per heavy atom. The number of β-amino-alcohol motifs (C(OH)–C–C–N with tert-alkyl or cyclic N) is 1. The number of nitrogens with one attached hydrogen (secondary N) is 2. The molecule has 2 rings (SSSR count). The van der Waals surface area contributed by atoms with Crippen molar-refractivity contribution < 1.29 is 14.7 Å². The van der Waals surface area contributed by atoms with Crippen molar-refractivity contribution in [3.05, 3.63) is 0 Å². The van der Waals surface area contributed by atoms with Crippen molar-refractivity contribution in [1.29, 1.82) is 0 Å². The number of aliphatic hydroxyl groups excluding tert-OH is 1. The molecule has 5 heteroatoms. The van der Waals surface area contributed by atoms with Gasteiger partial charge in [0.25, 0.3) is 0 Å². The van der Waals surface area contributed by atoms with Crippen molar-refractivity contribution in [2.45, 2.75) is 37.5 Å². The molecular weight excluding hydrogens is 184 g/mol. The van der Waals surface area contributed by atoms with Gasteiger partial charge in [-0.25, -0.2) is 0 Å².